The van der Waals surface area contributed by atoms with E-state index in [9.17, 15) is 0 Å². The fourth-order valence-corrected chi connectivity index (χ4v) is 3.30. The van der Waals surface area contributed by atoms with Gasteiger partial charge in [-0.25, -0.2) is 0 Å². The average Bonchev–Trinajstić information content (AvgIpc) is 2.48. The lowest BCUT2D eigenvalue weighted by Crippen LogP contribution is -1.98. The average molecular weight is 485 g/mol. The van der Waals surface area contributed by atoms with Crippen LogP contribution in [0.2, 0.25) is 0 Å². The Hall–Kier alpha value is 0.460. The number of halogens is 3. The highest BCUT2D eigenvalue weighted by Gasteiger charge is 2.01. The molecule has 21 heavy (non-hydrogen) atoms. The molecule has 120 valence electrons. The Bertz CT molecular complexity index is 382. The first-order chi connectivity index (χ1) is 10.2. The molecule has 0 atom stereocenters. The molecule has 0 amide bonds. The highest BCUT2D eigenvalue weighted by Crippen LogP contribution is 2.28. The highest BCUT2D eigenvalue weighted by molar-refractivity contribution is 9.11. The van der Waals surface area contributed by atoms with Crippen LogP contribution in [0.3, 0.4) is 0 Å². The van der Waals surface area contributed by atoms with Crippen LogP contribution in [0.4, 0.5) is 0 Å². The van der Waals surface area contributed by atoms with Gasteiger partial charge in [-0.05, 0) is 47.0 Å². The standard InChI is InChI=1S/C17H25Br3O/c18-12-8-6-4-2-1-3-5-7-9-13-21-17-14-15(19)10-11-16(17)20/h10-11,14H,1-9,12-13H2. The van der Waals surface area contributed by atoms with Gasteiger partial charge < -0.3 is 4.74 Å². The van der Waals surface area contributed by atoms with E-state index >= 15 is 0 Å². The van der Waals surface area contributed by atoms with Crippen LogP contribution < -0.4 is 4.74 Å². The molecular weight excluding hydrogens is 460 g/mol. The van der Waals surface area contributed by atoms with Crippen LogP contribution in [0.1, 0.15) is 57.8 Å². The summed E-state index contributed by atoms with van der Waals surface area (Å²) in [4.78, 5) is 0. The fraction of sp³-hybridized carbons (Fsp3) is 0.647. The Balaban J connectivity index is 1.94. The summed E-state index contributed by atoms with van der Waals surface area (Å²) in [6.07, 6.45) is 12.0. The first-order valence-corrected chi connectivity index (χ1v) is 10.6. The molecule has 0 aliphatic carbocycles. The third kappa shape index (κ3) is 9.96. The molecule has 1 aromatic rings. The van der Waals surface area contributed by atoms with E-state index < -0.39 is 0 Å². The zero-order chi connectivity index (χ0) is 15.3. The van der Waals surface area contributed by atoms with E-state index in [2.05, 4.69) is 47.8 Å². The molecule has 0 heterocycles. The van der Waals surface area contributed by atoms with Gasteiger partial charge in [0.25, 0.3) is 0 Å². The van der Waals surface area contributed by atoms with Gasteiger partial charge >= 0.3 is 0 Å². The predicted molar refractivity (Wildman–Crippen MR) is 103 cm³/mol. The van der Waals surface area contributed by atoms with E-state index in [1.807, 2.05) is 18.2 Å². The molecule has 1 nitrogen and oxygen atoms in total. The quantitative estimate of drug-likeness (QED) is 0.220. The third-order valence-electron chi connectivity index (χ3n) is 3.43. The summed E-state index contributed by atoms with van der Waals surface area (Å²) >= 11 is 10.5. The van der Waals surface area contributed by atoms with Crippen LogP contribution >= 0.6 is 47.8 Å². The topological polar surface area (TPSA) is 9.23 Å². The maximum Gasteiger partial charge on any atom is 0.134 e. The molecule has 0 aliphatic rings. The Labute approximate surface area is 154 Å². The van der Waals surface area contributed by atoms with Crippen molar-refractivity contribution in [1.82, 2.24) is 0 Å². The van der Waals surface area contributed by atoms with Crippen molar-refractivity contribution in [1.29, 1.82) is 0 Å². The number of unbranched alkanes of at least 4 members (excludes halogenated alkanes) is 8. The molecule has 0 spiro atoms. The Kier molecular flexibility index (Phi) is 12.0. The van der Waals surface area contributed by atoms with E-state index in [1.54, 1.807) is 0 Å². The zero-order valence-electron chi connectivity index (χ0n) is 12.6. The number of ether oxygens (including phenoxy) is 1. The van der Waals surface area contributed by atoms with Crippen molar-refractivity contribution in [3.05, 3.63) is 27.1 Å². The lowest BCUT2D eigenvalue weighted by Gasteiger charge is -2.08. The summed E-state index contributed by atoms with van der Waals surface area (Å²) in [5.74, 6) is 0.927. The molecule has 0 N–H and O–H groups in total. The second-order valence-corrected chi connectivity index (χ2v) is 7.86. The SMILES string of the molecule is BrCCCCCCCCCCCOc1cc(Br)ccc1Br. The second-order valence-electron chi connectivity index (χ2n) is 5.29. The van der Waals surface area contributed by atoms with Gasteiger partial charge in [-0.1, -0.05) is 76.8 Å². The van der Waals surface area contributed by atoms with Gasteiger partial charge in [0.1, 0.15) is 5.75 Å². The molecule has 0 aliphatic heterocycles. The van der Waals surface area contributed by atoms with Crippen molar-refractivity contribution < 1.29 is 4.74 Å². The van der Waals surface area contributed by atoms with Gasteiger partial charge in [0, 0.05) is 9.80 Å². The van der Waals surface area contributed by atoms with Gasteiger partial charge in [-0.15, -0.1) is 0 Å². The summed E-state index contributed by atoms with van der Waals surface area (Å²) in [7, 11) is 0. The van der Waals surface area contributed by atoms with Gasteiger partial charge in [0.15, 0.2) is 0 Å². The first-order valence-electron chi connectivity index (χ1n) is 7.88. The number of hydrogen-bond acceptors (Lipinski definition) is 1. The van der Waals surface area contributed by atoms with Gasteiger partial charge in [-0.2, -0.15) is 0 Å². The Morgan fingerprint density at radius 2 is 1.33 bits per heavy atom. The summed E-state index contributed by atoms with van der Waals surface area (Å²) in [6, 6.07) is 6.03. The van der Waals surface area contributed by atoms with E-state index in [1.165, 1.54) is 51.4 Å². The van der Waals surface area contributed by atoms with E-state index in [-0.39, 0.29) is 0 Å². The van der Waals surface area contributed by atoms with Crippen LogP contribution in [0.5, 0.6) is 5.75 Å². The molecule has 0 aromatic heterocycles. The minimum Gasteiger partial charge on any atom is -0.492 e. The molecule has 4 heteroatoms. The predicted octanol–water partition coefficient (Wildman–Crippen LogP) is 7.50. The molecule has 0 bridgehead atoms. The summed E-state index contributed by atoms with van der Waals surface area (Å²) in [6.45, 7) is 0.806. The monoisotopic (exact) mass is 482 g/mol. The Morgan fingerprint density at radius 1 is 0.762 bits per heavy atom. The Morgan fingerprint density at radius 3 is 1.95 bits per heavy atom. The number of hydrogen-bond donors (Lipinski definition) is 0. The minimum absolute atomic E-state index is 0.806. The lowest BCUT2D eigenvalue weighted by molar-refractivity contribution is 0.302. The maximum atomic E-state index is 5.81. The lowest BCUT2D eigenvalue weighted by atomic mass is 10.1. The maximum absolute atomic E-state index is 5.81. The van der Waals surface area contributed by atoms with Gasteiger partial charge in [0.05, 0.1) is 11.1 Å². The van der Waals surface area contributed by atoms with E-state index in [0.29, 0.717) is 0 Å². The highest BCUT2D eigenvalue weighted by atomic mass is 79.9. The molecule has 0 fully saturated rings. The van der Waals surface area contributed by atoms with Crippen LogP contribution in [0.15, 0.2) is 27.1 Å². The molecule has 1 aromatic carbocycles. The summed E-state index contributed by atoms with van der Waals surface area (Å²) in [5.41, 5.74) is 0. The van der Waals surface area contributed by atoms with Gasteiger partial charge in [0.2, 0.25) is 0 Å². The minimum atomic E-state index is 0.806. The van der Waals surface area contributed by atoms with Crippen molar-refractivity contribution in [2.24, 2.45) is 0 Å². The largest absolute Gasteiger partial charge is 0.492 e. The van der Waals surface area contributed by atoms with Crippen molar-refractivity contribution in [2.45, 2.75) is 57.8 Å². The van der Waals surface area contributed by atoms with Crippen LogP contribution in [-0.2, 0) is 0 Å². The first kappa shape index (κ1) is 19.5. The van der Waals surface area contributed by atoms with Crippen molar-refractivity contribution in [3.63, 3.8) is 0 Å². The van der Waals surface area contributed by atoms with Crippen LogP contribution in [0.25, 0.3) is 0 Å². The second kappa shape index (κ2) is 13.0. The fourth-order valence-electron chi connectivity index (χ4n) is 2.20. The van der Waals surface area contributed by atoms with Gasteiger partial charge in [-0.3, -0.25) is 0 Å². The molecule has 0 saturated carbocycles. The van der Waals surface area contributed by atoms with Crippen molar-refractivity contribution in [2.75, 3.05) is 11.9 Å². The number of alkyl halides is 1. The van der Waals surface area contributed by atoms with Crippen LogP contribution in [0, 0.1) is 0 Å². The molecule has 0 unspecified atom stereocenters. The summed E-state index contributed by atoms with van der Waals surface area (Å²) in [5, 5.41) is 1.15. The smallest absolute Gasteiger partial charge is 0.134 e. The zero-order valence-corrected chi connectivity index (χ0v) is 17.3. The number of benzene rings is 1. The van der Waals surface area contributed by atoms with E-state index in [4.69, 9.17) is 4.74 Å². The number of rotatable bonds is 12. The molecular formula is C17H25Br3O. The van der Waals surface area contributed by atoms with Crippen molar-refractivity contribution in [3.8, 4) is 5.75 Å². The van der Waals surface area contributed by atoms with E-state index in [0.717, 1.165) is 33.1 Å². The molecule has 0 saturated heterocycles. The molecule has 1 rings (SSSR count). The third-order valence-corrected chi connectivity index (χ3v) is 5.14. The van der Waals surface area contributed by atoms with Crippen molar-refractivity contribution >= 4 is 47.8 Å². The van der Waals surface area contributed by atoms with Crippen LogP contribution in [-0.4, -0.2) is 11.9 Å². The summed E-state index contributed by atoms with van der Waals surface area (Å²) < 4.78 is 7.89. The normalized spacial score (nSPS) is 10.8. The molecule has 0 radical (unpaired) electrons.